The van der Waals surface area contributed by atoms with Gasteiger partial charge in [0, 0.05) is 8.80 Å². The van der Waals surface area contributed by atoms with Crippen molar-refractivity contribution < 1.29 is 0 Å². The van der Waals surface area contributed by atoms with Gasteiger partial charge in [0.25, 0.3) is 0 Å². The molecule has 1 aliphatic rings. The number of allylic oxidation sites excluding steroid dienone is 4. The van der Waals surface area contributed by atoms with E-state index >= 15 is 0 Å². The zero-order valence-corrected chi connectivity index (χ0v) is 10.3. The lowest BCUT2D eigenvalue weighted by molar-refractivity contribution is 1.09. The van der Waals surface area contributed by atoms with E-state index in [1.54, 1.807) is 22.3 Å². The maximum absolute atomic E-state index is 2.45. The fraction of sp³-hybridized carbons (Fsp3) is 0.636. The van der Waals surface area contributed by atoms with Crippen LogP contribution in [0.4, 0.5) is 0 Å². The summed E-state index contributed by atoms with van der Waals surface area (Å²) in [6, 6.07) is 0. The fourth-order valence-corrected chi connectivity index (χ4v) is 4.88. The summed E-state index contributed by atoms with van der Waals surface area (Å²) in [5.74, 6) is 0. The molecule has 0 saturated carbocycles. The Hall–Kier alpha value is -0.303. The van der Waals surface area contributed by atoms with Crippen LogP contribution in [0, 0.1) is 0 Å². The first kappa shape index (κ1) is 9.78. The number of hydrogen-bond donors (Lipinski definition) is 0. The average Bonchev–Trinajstić information content (AvgIpc) is 2.16. The minimum Gasteiger partial charge on any atom is -0.0714 e. The van der Waals surface area contributed by atoms with Crippen molar-refractivity contribution in [1.82, 2.24) is 0 Å². The van der Waals surface area contributed by atoms with Crippen LogP contribution in [0.5, 0.6) is 0 Å². The van der Waals surface area contributed by atoms with Crippen LogP contribution in [-0.2, 0) is 0 Å². The summed E-state index contributed by atoms with van der Waals surface area (Å²) in [7, 11) is -0.531. The second-order valence-electron chi connectivity index (χ2n) is 4.34. The molecule has 0 unspecified atom stereocenters. The molecule has 0 nitrogen and oxygen atoms in total. The van der Waals surface area contributed by atoms with Gasteiger partial charge in [-0.25, -0.2) is 0 Å². The van der Waals surface area contributed by atoms with Crippen LogP contribution in [0.15, 0.2) is 22.3 Å². The van der Waals surface area contributed by atoms with Crippen LogP contribution in [0.3, 0.4) is 0 Å². The van der Waals surface area contributed by atoms with Gasteiger partial charge in [-0.2, -0.15) is 0 Å². The predicted octanol–water partition coefficient (Wildman–Crippen LogP) is 3.53. The molecule has 1 heteroatoms. The Morgan fingerprint density at radius 3 is 1.33 bits per heavy atom. The maximum atomic E-state index is 2.45. The first-order valence-corrected chi connectivity index (χ1v) is 7.79. The van der Waals surface area contributed by atoms with Crippen molar-refractivity contribution in [2.24, 2.45) is 0 Å². The van der Waals surface area contributed by atoms with Crippen molar-refractivity contribution in [3.05, 3.63) is 22.3 Å². The van der Waals surface area contributed by atoms with Crippen molar-refractivity contribution in [3.63, 3.8) is 0 Å². The zero-order valence-electron chi connectivity index (χ0n) is 9.15. The summed E-state index contributed by atoms with van der Waals surface area (Å²) in [5.41, 5.74) is 7.25. The van der Waals surface area contributed by atoms with Gasteiger partial charge in [0.15, 0.2) is 0 Å². The van der Waals surface area contributed by atoms with Crippen LogP contribution >= 0.6 is 0 Å². The van der Waals surface area contributed by atoms with E-state index in [4.69, 9.17) is 0 Å². The van der Waals surface area contributed by atoms with Gasteiger partial charge in [0.1, 0.15) is 0 Å². The summed E-state index contributed by atoms with van der Waals surface area (Å²) >= 11 is 0. The Labute approximate surface area is 78.0 Å². The molecule has 12 heavy (non-hydrogen) atoms. The van der Waals surface area contributed by atoms with Gasteiger partial charge in [0.05, 0.1) is 0 Å². The first-order valence-electron chi connectivity index (χ1n) is 4.82. The maximum Gasteiger partial charge on any atom is 0.0435 e. The molecule has 68 valence electrons. The van der Waals surface area contributed by atoms with E-state index in [1.807, 2.05) is 0 Å². The standard InChI is InChI=1S/C11H20Si/c1-7-8(2)10(4)11(9(7)3)12(5)6/h11-12H,1-6H3. The van der Waals surface area contributed by atoms with Gasteiger partial charge in [-0.15, -0.1) is 0 Å². The molecule has 0 aromatic rings. The molecular formula is C11H20Si. The second kappa shape index (κ2) is 3.21. The Kier molecular flexibility index (Phi) is 2.62. The van der Waals surface area contributed by atoms with E-state index in [-0.39, 0.29) is 0 Å². The quantitative estimate of drug-likeness (QED) is 0.542. The SMILES string of the molecule is CC1=C(C)C([SiH](C)C)C(C)=C1C. The van der Waals surface area contributed by atoms with E-state index in [0.29, 0.717) is 0 Å². The Balaban J connectivity index is 3.08. The van der Waals surface area contributed by atoms with Crippen molar-refractivity contribution in [2.45, 2.75) is 46.3 Å². The monoisotopic (exact) mass is 180 g/mol. The largest absolute Gasteiger partial charge is 0.0714 e. The average molecular weight is 180 g/mol. The highest BCUT2D eigenvalue weighted by molar-refractivity contribution is 6.59. The molecule has 0 radical (unpaired) electrons. The summed E-state index contributed by atoms with van der Waals surface area (Å²) < 4.78 is 0. The highest BCUT2D eigenvalue weighted by atomic mass is 28.3. The van der Waals surface area contributed by atoms with Crippen LogP contribution < -0.4 is 0 Å². The molecule has 0 aromatic heterocycles. The summed E-state index contributed by atoms with van der Waals surface area (Å²) in [6.45, 7) is 14.1. The molecule has 1 rings (SSSR count). The summed E-state index contributed by atoms with van der Waals surface area (Å²) in [6.07, 6.45) is 0. The van der Waals surface area contributed by atoms with E-state index in [9.17, 15) is 0 Å². The van der Waals surface area contributed by atoms with E-state index in [0.717, 1.165) is 5.54 Å². The smallest absolute Gasteiger partial charge is 0.0435 e. The highest BCUT2D eigenvalue weighted by Gasteiger charge is 2.26. The molecule has 0 saturated heterocycles. The number of rotatable bonds is 1. The van der Waals surface area contributed by atoms with Gasteiger partial charge in [-0.1, -0.05) is 24.2 Å². The topological polar surface area (TPSA) is 0 Å². The van der Waals surface area contributed by atoms with E-state index in [1.165, 1.54) is 0 Å². The van der Waals surface area contributed by atoms with Gasteiger partial charge in [-0.3, -0.25) is 0 Å². The molecule has 0 atom stereocenters. The number of hydrogen-bond acceptors (Lipinski definition) is 0. The molecule has 0 N–H and O–H groups in total. The van der Waals surface area contributed by atoms with Gasteiger partial charge in [0.2, 0.25) is 0 Å². The lowest BCUT2D eigenvalue weighted by Gasteiger charge is -2.17. The van der Waals surface area contributed by atoms with Gasteiger partial charge < -0.3 is 0 Å². The Morgan fingerprint density at radius 2 is 1.17 bits per heavy atom. The molecule has 0 heterocycles. The predicted molar refractivity (Wildman–Crippen MR) is 59.4 cm³/mol. The minimum atomic E-state index is -0.531. The lowest BCUT2D eigenvalue weighted by atomic mass is 10.1. The third-order valence-electron chi connectivity index (χ3n) is 3.35. The zero-order chi connectivity index (χ0) is 9.46. The normalized spacial score (nSPS) is 20.2. The molecule has 0 aliphatic heterocycles. The van der Waals surface area contributed by atoms with Crippen LogP contribution in [0.25, 0.3) is 0 Å². The second-order valence-corrected chi connectivity index (χ2v) is 7.49. The summed E-state index contributed by atoms with van der Waals surface area (Å²) in [5, 5.41) is 0. The highest BCUT2D eigenvalue weighted by Crippen LogP contribution is 2.42. The third-order valence-corrected chi connectivity index (χ3v) is 5.68. The fourth-order valence-electron chi connectivity index (χ4n) is 2.38. The van der Waals surface area contributed by atoms with Crippen molar-refractivity contribution >= 4 is 8.80 Å². The van der Waals surface area contributed by atoms with Crippen molar-refractivity contribution in [2.75, 3.05) is 0 Å². The molecule has 0 fully saturated rings. The van der Waals surface area contributed by atoms with Crippen LogP contribution in [0.2, 0.25) is 18.6 Å². The van der Waals surface area contributed by atoms with Gasteiger partial charge >= 0.3 is 0 Å². The third kappa shape index (κ3) is 1.31. The Bertz CT molecular complexity index is 232. The first-order chi connectivity index (χ1) is 5.46. The molecule has 0 bridgehead atoms. The molecule has 1 aliphatic carbocycles. The van der Waals surface area contributed by atoms with Gasteiger partial charge in [-0.05, 0) is 44.4 Å². The van der Waals surface area contributed by atoms with E-state index < -0.39 is 8.80 Å². The van der Waals surface area contributed by atoms with Crippen LogP contribution in [-0.4, -0.2) is 8.80 Å². The lowest BCUT2D eigenvalue weighted by Crippen LogP contribution is -2.12. The Morgan fingerprint density at radius 1 is 0.833 bits per heavy atom. The van der Waals surface area contributed by atoms with Crippen molar-refractivity contribution in [3.8, 4) is 0 Å². The molecule has 0 aromatic carbocycles. The molecular weight excluding hydrogens is 160 g/mol. The minimum absolute atomic E-state index is 0.531. The molecule has 0 spiro atoms. The van der Waals surface area contributed by atoms with E-state index in [2.05, 4.69) is 40.8 Å². The van der Waals surface area contributed by atoms with Crippen LogP contribution in [0.1, 0.15) is 27.7 Å². The van der Waals surface area contributed by atoms with Crippen molar-refractivity contribution in [1.29, 1.82) is 0 Å². The molecule has 0 amide bonds. The summed E-state index contributed by atoms with van der Waals surface area (Å²) in [4.78, 5) is 0.